The summed E-state index contributed by atoms with van der Waals surface area (Å²) in [6.45, 7) is 4.87. The summed E-state index contributed by atoms with van der Waals surface area (Å²) in [7, 11) is 1.08. The summed E-state index contributed by atoms with van der Waals surface area (Å²) < 4.78 is 37.0. The van der Waals surface area contributed by atoms with E-state index in [-0.39, 0.29) is 0 Å². The van der Waals surface area contributed by atoms with Gasteiger partial charge in [0.05, 0.1) is 7.11 Å². The molecule has 0 aliphatic heterocycles. The fourth-order valence-electron chi connectivity index (χ4n) is 1.77. The molecule has 0 saturated carbocycles. The number of aromatic hydroxyl groups is 1. The molecule has 0 aromatic heterocycles. The summed E-state index contributed by atoms with van der Waals surface area (Å²) in [5.74, 6) is -3.55. The van der Waals surface area contributed by atoms with E-state index in [0.717, 1.165) is 7.11 Å². The van der Waals surface area contributed by atoms with Crippen LogP contribution in [0.25, 0.3) is 0 Å². The molecule has 0 fully saturated rings. The van der Waals surface area contributed by atoms with Crippen LogP contribution in [0.15, 0.2) is 12.1 Å². The molecule has 1 amide bonds. The number of benzene rings is 1. The Morgan fingerprint density at radius 1 is 1.26 bits per heavy atom. The first-order valence-corrected chi connectivity index (χ1v) is 6.77. The van der Waals surface area contributed by atoms with Gasteiger partial charge in [-0.3, -0.25) is 0 Å². The molecule has 0 aliphatic rings. The highest BCUT2D eigenvalue weighted by atomic mass is 19.1. The molecule has 0 unspecified atom stereocenters. The Kier molecular flexibility index (Phi) is 5.89. The number of carbonyl (C=O) groups excluding carboxylic acids is 2. The van der Waals surface area contributed by atoms with Crippen molar-refractivity contribution in [2.45, 2.75) is 38.8 Å². The smallest absolute Gasteiger partial charge is 0.408 e. The number of ether oxygens (including phenoxy) is 2. The summed E-state index contributed by atoms with van der Waals surface area (Å²) in [6, 6.07) is 0.0730. The number of rotatable bonds is 4. The number of amides is 1. The molecule has 0 heterocycles. The van der Waals surface area contributed by atoms with E-state index in [2.05, 4.69) is 10.1 Å². The molecule has 128 valence electrons. The Morgan fingerprint density at radius 3 is 2.22 bits per heavy atom. The zero-order chi connectivity index (χ0) is 17.8. The van der Waals surface area contributed by atoms with Gasteiger partial charge in [0.25, 0.3) is 0 Å². The topological polar surface area (TPSA) is 84.9 Å². The van der Waals surface area contributed by atoms with Gasteiger partial charge in [-0.1, -0.05) is 0 Å². The first kappa shape index (κ1) is 18.7. The van der Waals surface area contributed by atoms with Crippen LogP contribution in [0.3, 0.4) is 0 Å². The third-order valence-corrected chi connectivity index (χ3v) is 2.71. The molecule has 0 spiro atoms. The number of nitrogens with one attached hydrogen (secondary N) is 1. The maximum Gasteiger partial charge on any atom is 0.408 e. The second-order valence-electron chi connectivity index (χ2n) is 5.81. The van der Waals surface area contributed by atoms with E-state index < -0.39 is 53.1 Å². The highest BCUT2D eigenvalue weighted by Gasteiger charge is 2.27. The van der Waals surface area contributed by atoms with Crippen LogP contribution >= 0.6 is 0 Å². The van der Waals surface area contributed by atoms with Gasteiger partial charge < -0.3 is 19.9 Å². The first-order valence-electron chi connectivity index (χ1n) is 6.77. The number of hydrogen-bond donors (Lipinski definition) is 2. The van der Waals surface area contributed by atoms with Gasteiger partial charge in [0.15, 0.2) is 0 Å². The highest BCUT2D eigenvalue weighted by molar-refractivity contribution is 5.81. The summed E-state index contributed by atoms with van der Waals surface area (Å²) in [5.41, 5.74) is -1.27. The summed E-state index contributed by atoms with van der Waals surface area (Å²) in [5, 5.41) is 11.3. The van der Waals surface area contributed by atoms with Crippen LogP contribution < -0.4 is 5.32 Å². The van der Waals surface area contributed by atoms with E-state index in [1.807, 2.05) is 0 Å². The Bertz CT molecular complexity index is 575. The number of phenols is 1. The molecule has 0 radical (unpaired) electrons. The lowest BCUT2D eigenvalue weighted by Crippen LogP contribution is -2.45. The van der Waals surface area contributed by atoms with Gasteiger partial charge in [0.2, 0.25) is 0 Å². The second-order valence-corrected chi connectivity index (χ2v) is 5.81. The van der Waals surface area contributed by atoms with Gasteiger partial charge in [0.1, 0.15) is 29.0 Å². The number of halogens is 2. The standard InChI is InChI=1S/C15H19F2NO5/c1-15(2,3)23-14(21)18-12(13(20)22-4)7-9-10(16)5-8(19)6-11(9)17/h5-6,12,19H,7H2,1-4H3,(H,18,21)/t12-/m0/s1. The maximum absolute atomic E-state index is 13.8. The predicted octanol–water partition coefficient (Wildman–Crippen LogP) is 2.28. The zero-order valence-corrected chi connectivity index (χ0v) is 13.3. The van der Waals surface area contributed by atoms with Gasteiger partial charge in [-0.15, -0.1) is 0 Å². The van der Waals surface area contributed by atoms with Crippen molar-refractivity contribution < 1.29 is 33.0 Å². The number of esters is 1. The minimum atomic E-state index is -1.34. The van der Waals surface area contributed by atoms with Crippen molar-refractivity contribution in [2.75, 3.05) is 7.11 Å². The van der Waals surface area contributed by atoms with Gasteiger partial charge in [-0.2, -0.15) is 0 Å². The molecular formula is C15H19F2NO5. The molecule has 6 nitrogen and oxygen atoms in total. The minimum absolute atomic E-state index is 0.464. The predicted molar refractivity (Wildman–Crippen MR) is 76.9 cm³/mol. The molecule has 0 aliphatic carbocycles. The van der Waals surface area contributed by atoms with E-state index >= 15 is 0 Å². The summed E-state index contributed by atoms with van der Waals surface area (Å²) >= 11 is 0. The molecule has 0 saturated heterocycles. The van der Waals surface area contributed by atoms with Crippen LogP contribution in [0.4, 0.5) is 13.6 Å². The molecule has 2 N–H and O–H groups in total. The Balaban J connectivity index is 2.97. The molecule has 1 rings (SSSR count). The molecular weight excluding hydrogens is 312 g/mol. The van der Waals surface area contributed by atoms with Crippen LogP contribution in [0.1, 0.15) is 26.3 Å². The fraction of sp³-hybridized carbons (Fsp3) is 0.467. The number of carbonyl (C=O) groups is 2. The van der Waals surface area contributed by atoms with Crippen molar-refractivity contribution in [1.29, 1.82) is 0 Å². The third-order valence-electron chi connectivity index (χ3n) is 2.71. The minimum Gasteiger partial charge on any atom is -0.508 e. The zero-order valence-electron chi connectivity index (χ0n) is 13.3. The number of methoxy groups -OCH3 is 1. The van der Waals surface area contributed by atoms with E-state index in [1.54, 1.807) is 20.8 Å². The highest BCUT2D eigenvalue weighted by Crippen LogP contribution is 2.21. The van der Waals surface area contributed by atoms with Crippen LogP contribution in [0.5, 0.6) is 5.75 Å². The SMILES string of the molecule is COC(=O)[C@H](Cc1c(F)cc(O)cc1F)NC(=O)OC(C)(C)C. The number of hydrogen-bond acceptors (Lipinski definition) is 5. The van der Waals surface area contributed by atoms with Crippen LogP contribution in [-0.4, -0.2) is 35.9 Å². The van der Waals surface area contributed by atoms with E-state index in [9.17, 15) is 18.4 Å². The molecule has 8 heteroatoms. The molecule has 0 bridgehead atoms. The van der Waals surface area contributed by atoms with Crippen molar-refractivity contribution in [1.82, 2.24) is 5.32 Å². The van der Waals surface area contributed by atoms with E-state index in [1.165, 1.54) is 0 Å². The molecule has 1 aromatic rings. The average Bonchev–Trinajstić information content (AvgIpc) is 2.38. The third kappa shape index (κ3) is 5.72. The van der Waals surface area contributed by atoms with E-state index in [4.69, 9.17) is 9.84 Å². The quantitative estimate of drug-likeness (QED) is 0.827. The molecule has 1 atom stereocenters. The average molecular weight is 331 g/mol. The lowest BCUT2D eigenvalue weighted by atomic mass is 10.0. The van der Waals surface area contributed by atoms with Crippen LogP contribution in [-0.2, 0) is 20.7 Å². The first-order chi connectivity index (χ1) is 10.5. The summed E-state index contributed by atoms with van der Waals surface area (Å²) in [4.78, 5) is 23.5. The van der Waals surface area contributed by atoms with Crippen molar-refractivity contribution in [2.24, 2.45) is 0 Å². The summed E-state index contributed by atoms with van der Waals surface area (Å²) in [6.07, 6.45) is -1.42. The maximum atomic E-state index is 13.8. The van der Waals surface area contributed by atoms with Crippen LogP contribution in [0, 0.1) is 11.6 Å². The van der Waals surface area contributed by atoms with E-state index in [0.29, 0.717) is 12.1 Å². The fourth-order valence-corrected chi connectivity index (χ4v) is 1.77. The van der Waals surface area contributed by atoms with Gasteiger partial charge >= 0.3 is 12.1 Å². The number of alkyl carbamates (subject to hydrolysis) is 1. The van der Waals surface area contributed by atoms with Crippen molar-refractivity contribution in [3.8, 4) is 5.75 Å². The van der Waals surface area contributed by atoms with Crippen LogP contribution in [0.2, 0.25) is 0 Å². The second kappa shape index (κ2) is 7.26. The molecule has 23 heavy (non-hydrogen) atoms. The lowest BCUT2D eigenvalue weighted by molar-refractivity contribution is -0.143. The van der Waals surface area contributed by atoms with Gasteiger partial charge in [-0.05, 0) is 20.8 Å². The van der Waals surface area contributed by atoms with Crippen molar-refractivity contribution in [3.63, 3.8) is 0 Å². The van der Waals surface area contributed by atoms with Crippen molar-refractivity contribution in [3.05, 3.63) is 29.3 Å². The Hall–Kier alpha value is -2.38. The Labute approximate surface area is 132 Å². The normalized spacial score (nSPS) is 12.4. The van der Waals surface area contributed by atoms with Gasteiger partial charge in [0, 0.05) is 24.1 Å². The molecule has 1 aromatic carbocycles. The monoisotopic (exact) mass is 331 g/mol. The largest absolute Gasteiger partial charge is 0.508 e. The van der Waals surface area contributed by atoms with Gasteiger partial charge in [-0.25, -0.2) is 18.4 Å². The lowest BCUT2D eigenvalue weighted by Gasteiger charge is -2.22. The van der Waals surface area contributed by atoms with Crippen molar-refractivity contribution >= 4 is 12.1 Å². The number of phenolic OH excluding ortho intramolecular Hbond substituents is 1. The Morgan fingerprint density at radius 2 is 1.78 bits per heavy atom.